The first-order chi connectivity index (χ1) is 9.29. The van der Waals surface area contributed by atoms with Crippen LogP contribution in [0.3, 0.4) is 0 Å². The van der Waals surface area contributed by atoms with Crippen molar-refractivity contribution in [3.8, 4) is 0 Å². The topological polar surface area (TPSA) is 29.9 Å². The lowest BCUT2D eigenvalue weighted by Crippen LogP contribution is -2.20. The van der Waals surface area contributed by atoms with Crippen LogP contribution in [0, 0.1) is 0 Å². The summed E-state index contributed by atoms with van der Waals surface area (Å²) in [4.78, 5) is 4.40. The molecule has 3 heteroatoms. The van der Waals surface area contributed by atoms with E-state index in [4.69, 9.17) is 0 Å². The lowest BCUT2D eigenvalue weighted by molar-refractivity contribution is 0.628. The summed E-state index contributed by atoms with van der Waals surface area (Å²) in [5.41, 5.74) is 1.36. The van der Waals surface area contributed by atoms with Crippen molar-refractivity contribution in [2.24, 2.45) is 0 Å². The number of benzene rings is 1. The van der Waals surface area contributed by atoms with Crippen LogP contribution in [0.4, 0.5) is 5.95 Å². The highest BCUT2D eigenvalue weighted by Gasteiger charge is 2.07. The molecule has 1 atom stereocenters. The predicted molar refractivity (Wildman–Crippen MR) is 80.4 cm³/mol. The van der Waals surface area contributed by atoms with E-state index in [0.717, 1.165) is 18.9 Å². The Balaban J connectivity index is 1.91. The van der Waals surface area contributed by atoms with Crippen LogP contribution in [0.2, 0.25) is 0 Å². The molecule has 1 heterocycles. The zero-order valence-electron chi connectivity index (χ0n) is 11.8. The molecule has 1 unspecified atom stereocenters. The van der Waals surface area contributed by atoms with Crippen molar-refractivity contribution >= 4 is 5.95 Å². The number of anilines is 1. The number of aryl methyl sites for hydroxylation is 1. The van der Waals surface area contributed by atoms with Crippen molar-refractivity contribution < 1.29 is 0 Å². The Morgan fingerprint density at radius 3 is 2.79 bits per heavy atom. The highest BCUT2D eigenvalue weighted by Crippen LogP contribution is 2.11. The second kappa shape index (κ2) is 6.98. The fraction of sp³-hybridized carbons (Fsp3) is 0.438. The minimum atomic E-state index is 0.380. The average molecular weight is 257 g/mol. The molecule has 0 aliphatic carbocycles. The van der Waals surface area contributed by atoms with E-state index in [1.807, 2.05) is 12.4 Å². The molecule has 0 fully saturated rings. The van der Waals surface area contributed by atoms with Gasteiger partial charge < -0.3 is 9.88 Å². The third-order valence-electron chi connectivity index (χ3n) is 3.23. The normalized spacial score (nSPS) is 12.3. The molecule has 0 aliphatic heterocycles. The highest BCUT2D eigenvalue weighted by molar-refractivity contribution is 5.28. The van der Waals surface area contributed by atoms with E-state index in [1.54, 1.807) is 0 Å². The van der Waals surface area contributed by atoms with Gasteiger partial charge in [0.2, 0.25) is 5.95 Å². The number of hydrogen-bond donors (Lipinski definition) is 1. The molecule has 0 radical (unpaired) electrons. The summed E-state index contributed by atoms with van der Waals surface area (Å²) in [7, 11) is 0. The lowest BCUT2D eigenvalue weighted by atomic mass is 10.1. The summed E-state index contributed by atoms with van der Waals surface area (Å²) in [6.45, 7) is 5.45. The van der Waals surface area contributed by atoms with Gasteiger partial charge in [-0.05, 0) is 25.3 Å². The van der Waals surface area contributed by atoms with Gasteiger partial charge in [-0.15, -0.1) is 0 Å². The Morgan fingerprint density at radius 1 is 1.26 bits per heavy atom. The predicted octanol–water partition coefficient (Wildman–Crippen LogP) is 3.73. The summed E-state index contributed by atoms with van der Waals surface area (Å²) in [5.74, 6) is 0.983. The molecule has 19 heavy (non-hydrogen) atoms. The molecule has 2 rings (SSSR count). The smallest absolute Gasteiger partial charge is 0.202 e. The van der Waals surface area contributed by atoms with Crippen molar-refractivity contribution in [1.82, 2.24) is 9.55 Å². The minimum Gasteiger partial charge on any atom is -0.353 e. The molecule has 3 nitrogen and oxygen atoms in total. The molecule has 0 aliphatic rings. The molecular formula is C16H23N3. The van der Waals surface area contributed by atoms with Gasteiger partial charge in [-0.1, -0.05) is 43.7 Å². The van der Waals surface area contributed by atoms with Gasteiger partial charge >= 0.3 is 0 Å². The first kappa shape index (κ1) is 13.7. The number of nitrogens with zero attached hydrogens (tertiary/aromatic N) is 2. The van der Waals surface area contributed by atoms with Crippen molar-refractivity contribution in [3.63, 3.8) is 0 Å². The van der Waals surface area contributed by atoms with Crippen molar-refractivity contribution in [2.75, 3.05) is 5.32 Å². The minimum absolute atomic E-state index is 0.380. The Morgan fingerprint density at radius 2 is 2.05 bits per heavy atom. The second-order valence-corrected chi connectivity index (χ2v) is 5.03. The van der Waals surface area contributed by atoms with Crippen molar-refractivity contribution in [1.29, 1.82) is 0 Å². The van der Waals surface area contributed by atoms with E-state index in [0.29, 0.717) is 6.04 Å². The van der Waals surface area contributed by atoms with Crippen LogP contribution in [-0.4, -0.2) is 15.6 Å². The van der Waals surface area contributed by atoms with Gasteiger partial charge in [0.05, 0.1) is 0 Å². The summed E-state index contributed by atoms with van der Waals surface area (Å²) >= 11 is 0. The Kier molecular flexibility index (Phi) is 5.01. The Bertz CT molecular complexity index is 476. The molecule has 1 aromatic heterocycles. The van der Waals surface area contributed by atoms with Gasteiger partial charge in [0, 0.05) is 25.0 Å². The molecule has 102 valence electrons. The van der Waals surface area contributed by atoms with Crippen molar-refractivity contribution in [3.05, 3.63) is 48.3 Å². The molecule has 1 aromatic carbocycles. The van der Waals surface area contributed by atoms with E-state index in [2.05, 4.69) is 59.0 Å². The fourth-order valence-electron chi connectivity index (χ4n) is 2.20. The number of unbranched alkanes of at least 4 members (excludes halogenated alkanes) is 1. The van der Waals surface area contributed by atoms with Gasteiger partial charge in [0.1, 0.15) is 0 Å². The molecular weight excluding hydrogens is 234 g/mol. The molecule has 1 N–H and O–H groups in total. The summed E-state index contributed by atoms with van der Waals surface area (Å²) in [5, 5.41) is 3.50. The quantitative estimate of drug-likeness (QED) is 0.819. The highest BCUT2D eigenvalue weighted by atomic mass is 15.2. The fourth-order valence-corrected chi connectivity index (χ4v) is 2.20. The maximum absolute atomic E-state index is 4.40. The van der Waals surface area contributed by atoms with E-state index in [9.17, 15) is 0 Å². The number of imidazole rings is 1. The third kappa shape index (κ3) is 4.12. The van der Waals surface area contributed by atoms with Gasteiger partial charge in [-0.25, -0.2) is 4.98 Å². The van der Waals surface area contributed by atoms with Crippen LogP contribution in [0.5, 0.6) is 0 Å². The van der Waals surface area contributed by atoms with E-state index in [-0.39, 0.29) is 0 Å². The lowest BCUT2D eigenvalue weighted by Gasteiger charge is -2.16. The summed E-state index contributed by atoms with van der Waals surface area (Å²) in [6.07, 6.45) is 7.33. The van der Waals surface area contributed by atoms with Crippen molar-refractivity contribution in [2.45, 2.75) is 45.7 Å². The molecule has 0 saturated heterocycles. The summed E-state index contributed by atoms with van der Waals surface area (Å²) < 4.78 is 2.20. The van der Waals surface area contributed by atoms with Crippen LogP contribution >= 0.6 is 0 Å². The SMILES string of the molecule is CCCCn1ccnc1NC(C)Cc1ccccc1. The van der Waals surface area contributed by atoms with Crippen LogP contribution in [0.1, 0.15) is 32.3 Å². The molecule has 2 aromatic rings. The molecule has 0 bridgehead atoms. The van der Waals surface area contributed by atoms with Gasteiger partial charge in [-0.3, -0.25) is 0 Å². The Labute approximate surface area is 115 Å². The second-order valence-electron chi connectivity index (χ2n) is 5.03. The zero-order valence-corrected chi connectivity index (χ0v) is 11.8. The molecule has 0 saturated carbocycles. The largest absolute Gasteiger partial charge is 0.353 e. The number of hydrogen-bond acceptors (Lipinski definition) is 2. The van der Waals surface area contributed by atoms with Crippen LogP contribution in [0.25, 0.3) is 0 Å². The van der Waals surface area contributed by atoms with Crippen LogP contribution in [-0.2, 0) is 13.0 Å². The first-order valence-electron chi connectivity index (χ1n) is 7.11. The van der Waals surface area contributed by atoms with E-state index < -0.39 is 0 Å². The van der Waals surface area contributed by atoms with Gasteiger partial charge in [-0.2, -0.15) is 0 Å². The zero-order chi connectivity index (χ0) is 13.5. The average Bonchev–Trinajstić information content (AvgIpc) is 2.84. The molecule has 0 amide bonds. The number of aromatic nitrogens is 2. The van der Waals surface area contributed by atoms with Gasteiger partial charge in [0.25, 0.3) is 0 Å². The first-order valence-corrected chi connectivity index (χ1v) is 7.11. The monoisotopic (exact) mass is 257 g/mol. The number of nitrogens with one attached hydrogen (secondary N) is 1. The van der Waals surface area contributed by atoms with Crippen LogP contribution < -0.4 is 5.32 Å². The number of rotatable bonds is 7. The van der Waals surface area contributed by atoms with Crippen LogP contribution in [0.15, 0.2) is 42.7 Å². The van der Waals surface area contributed by atoms with E-state index >= 15 is 0 Å². The Hall–Kier alpha value is -1.77. The van der Waals surface area contributed by atoms with E-state index in [1.165, 1.54) is 18.4 Å². The summed E-state index contributed by atoms with van der Waals surface area (Å²) in [6, 6.07) is 10.9. The maximum atomic E-state index is 4.40. The maximum Gasteiger partial charge on any atom is 0.202 e. The molecule has 0 spiro atoms. The van der Waals surface area contributed by atoms with Gasteiger partial charge in [0.15, 0.2) is 0 Å². The standard InChI is InChI=1S/C16H23N3/c1-3-4-11-19-12-10-17-16(19)18-14(2)13-15-8-6-5-7-9-15/h5-10,12,14H,3-4,11,13H2,1-2H3,(H,17,18). The third-order valence-corrected chi connectivity index (χ3v) is 3.23.